The minimum Gasteiger partial charge on any atom is -0.214 e. The van der Waals surface area contributed by atoms with E-state index in [-0.39, 0.29) is 0 Å². The molecular formula is C10H15NO2S. The van der Waals surface area contributed by atoms with Gasteiger partial charge in [-0.3, -0.25) is 0 Å². The Labute approximate surface area is 85.2 Å². The van der Waals surface area contributed by atoms with Crippen molar-refractivity contribution in [1.29, 1.82) is 0 Å². The molecule has 14 heavy (non-hydrogen) atoms. The standard InChI is InChI=1S/C10H15NO2S/c1-3-5-9-6-4-7-10(8-9)14(12,13)11-2/h4,6-8,11H,3,5H2,1-2H3. The lowest BCUT2D eigenvalue weighted by molar-refractivity contribution is 0.588. The zero-order valence-electron chi connectivity index (χ0n) is 8.45. The minimum atomic E-state index is -3.29. The molecule has 0 aliphatic heterocycles. The highest BCUT2D eigenvalue weighted by atomic mass is 32.2. The molecule has 1 aromatic rings. The summed E-state index contributed by atoms with van der Waals surface area (Å²) in [5.74, 6) is 0. The zero-order chi connectivity index (χ0) is 10.6. The Hall–Kier alpha value is -0.870. The molecular weight excluding hydrogens is 198 g/mol. The Morgan fingerprint density at radius 2 is 2.07 bits per heavy atom. The number of rotatable bonds is 4. The Balaban J connectivity index is 3.06. The fourth-order valence-corrected chi connectivity index (χ4v) is 2.07. The Morgan fingerprint density at radius 3 is 2.64 bits per heavy atom. The first-order chi connectivity index (χ1) is 6.60. The molecule has 0 atom stereocenters. The SMILES string of the molecule is CCCc1cccc(S(=O)(=O)NC)c1. The molecule has 4 heteroatoms. The van der Waals surface area contributed by atoms with Gasteiger partial charge in [-0.05, 0) is 31.2 Å². The van der Waals surface area contributed by atoms with Crippen LogP contribution in [0.5, 0.6) is 0 Å². The predicted molar refractivity (Wildman–Crippen MR) is 56.7 cm³/mol. The van der Waals surface area contributed by atoms with Crippen molar-refractivity contribution in [3.05, 3.63) is 29.8 Å². The summed E-state index contributed by atoms with van der Waals surface area (Å²) in [7, 11) is -1.87. The number of aryl methyl sites for hydroxylation is 1. The summed E-state index contributed by atoms with van der Waals surface area (Å²) in [6.07, 6.45) is 1.93. The molecule has 1 aromatic carbocycles. The average Bonchev–Trinajstić information content (AvgIpc) is 2.19. The van der Waals surface area contributed by atoms with Crippen molar-refractivity contribution in [2.75, 3.05) is 7.05 Å². The van der Waals surface area contributed by atoms with E-state index in [2.05, 4.69) is 11.6 Å². The van der Waals surface area contributed by atoms with Crippen LogP contribution in [0.1, 0.15) is 18.9 Å². The lowest BCUT2D eigenvalue weighted by Gasteiger charge is -2.04. The lowest BCUT2D eigenvalue weighted by atomic mass is 10.1. The predicted octanol–water partition coefficient (Wildman–Crippen LogP) is 1.55. The van der Waals surface area contributed by atoms with Gasteiger partial charge < -0.3 is 0 Å². The van der Waals surface area contributed by atoms with Crippen molar-refractivity contribution < 1.29 is 8.42 Å². The van der Waals surface area contributed by atoms with Crippen molar-refractivity contribution in [1.82, 2.24) is 4.72 Å². The molecule has 0 amide bonds. The van der Waals surface area contributed by atoms with Gasteiger partial charge >= 0.3 is 0 Å². The van der Waals surface area contributed by atoms with Crippen molar-refractivity contribution in [2.24, 2.45) is 0 Å². The van der Waals surface area contributed by atoms with Gasteiger partial charge in [0.2, 0.25) is 10.0 Å². The van der Waals surface area contributed by atoms with Crippen LogP contribution in [0.4, 0.5) is 0 Å². The van der Waals surface area contributed by atoms with E-state index < -0.39 is 10.0 Å². The van der Waals surface area contributed by atoms with E-state index in [9.17, 15) is 8.42 Å². The fourth-order valence-electron chi connectivity index (χ4n) is 1.27. The van der Waals surface area contributed by atoms with Gasteiger partial charge in [-0.2, -0.15) is 0 Å². The van der Waals surface area contributed by atoms with Gasteiger partial charge in [-0.1, -0.05) is 25.5 Å². The molecule has 1 rings (SSSR count). The third-order valence-corrected chi connectivity index (χ3v) is 3.43. The molecule has 0 unspecified atom stereocenters. The van der Waals surface area contributed by atoms with Gasteiger partial charge in [0, 0.05) is 0 Å². The van der Waals surface area contributed by atoms with Crippen LogP contribution < -0.4 is 4.72 Å². The van der Waals surface area contributed by atoms with E-state index in [1.54, 1.807) is 18.2 Å². The molecule has 0 bridgehead atoms. The largest absolute Gasteiger partial charge is 0.240 e. The van der Waals surface area contributed by atoms with Gasteiger partial charge in [-0.25, -0.2) is 13.1 Å². The molecule has 0 aliphatic rings. The van der Waals surface area contributed by atoms with Crippen molar-refractivity contribution in [3.63, 3.8) is 0 Å². The third-order valence-electron chi connectivity index (χ3n) is 2.02. The first-order valence-corrected chi connectivity index (χ1v) is 6.11. The van der Waals surface area contributed by atoms with E-state index in [0.29, 0.717) is 4.90 Å². The molecule has 0 fully saturated rings. The first-order valence-electron chi connectivity index (χ1n) is 4.62. The third kappa shape index (κ3) is 2.56. The number of nitrogens with one attached hydrogen (secondary N) is 1. The van der Waals surface area contributed by atoms with Crippen LogP contribution in [-0.2, 0) is 16.4 Å². The second-order valence-electron chi connectivity index (χ2n) is 3.10. The highest BCUT2D eigenvalue weighted by Gasteiger charge is 2.10. The Bertz CT molecular complexity index is 398. The zero-order valence-corrected chi connectivity index (χ0v) is 9.26. The van der Waals surface area contributed by atoms with Crippen LogP contribution in [0.25, 0.3) is 0 Å². The molecule has 0 radical (unpaired) electrons. The second-order valence-corrected chi connectivity index (χ2v) is 4.99. The normalized spacial score (nSPS) is 11.6. The molecule has 1 N–H and O–H groups in total. The highest BCUT2D eigenvalue weighted by molar-refractivity contribution is 7.89. The summed E-state index contributed by atoms with van der Waals surface area (Å²) < 4.78 is 25.2. The molecule has 3 nitrogen and oxygen atoms in total. The van der Waals surface area contributed by atoms with Gasteiger partial charge in [0.25, 0.3) is 0 Å². The van der Waals surface area contributed by atoms with E-state index in [0.717, 1.165) is 18.4 Å². The van der Waals surface area contributed by atoms with Crippen molar-refractivity contribution >= 4 is 10.0 Å². The lowest BCUT2D eigenvalue weighted by Crippen LogP contribution is -2.18. The Kier molecular flexibility index (Phi) is 3.66. The summed E-state index contributed by atoms with van der Waals surface area (Å²) in [5, 5.41) is 0. The van der Waals surface area contributed by atoms with Crippen LogP contribution in [0.15, 0.2) is 29.2 Å². The maximum absolute atomic E-state index is 11.4. The summed E-state index contributed by atoms with van der Waals surface area (Å²) in [6, 6.07) is 7.04. The average molecular weight is 213 g/mol. The van der Waals surface area contributed by atoms with E-state index in [1.807, 2.05) is 6.07 Å². The van der Waals surface area contributed by atoms with Gasteiger partial charge in [0.1, 0.15) is 0 Å². The Morgan fingerprint density at radius 1 is 1.36 bits per heavy atom. The molecule has 0 spiro atoms. The van der Waals surface area contributed by atoms with Crippen LogP contribution in [-0.4, -0.2) is 15.5 Å². The molecule has 0 heterocycles. The summed E-state index contributed by atoms with van der Waals surface area (Å²) >= 11 is 0. The van der Waals surface area contributed by atoms with Gasteiger partial charge in [0.05, 0.1) is 4.90 Å². The van der Waals surface area contributed by atoms with Gasteiger partial charge in [-0.15, -0.1) is 0 Å². The second kappa shape index (κ2) is 4.57. The van der Waals surface area contributed by atoms with Crippen LogP contribution in [0.2, 0.25) is 0 Å². The van der Waals surface area contributed by atoms with E-state index in [4.69, 9.17) is 0 Å². The summed E-state index contributed by atoms with van der Waals surface area (Å²) in [5.41, 5.74) is 1.06. The number of hydrogen-bond acceptors (Lipinski definition) is 2. The van der Waals surface area contributed by atoms with Gasteiger partial charge in [0.15, 0.2) is 0 Å². The number of sulfonamides is 1. The molecule has 78 valence electrons. The smallest absolute Gasteiger partial charge is 0.214 e. The van der Waals surface area contributed by atoms with E-state index in [1.165, 1.54) is 7.05 Å². The summed E-state index contributed by atoms with van der Waals surface area (Å²) in [4.78, 5) is 0.339. The summed E-state index contributed by atoms with van der Waals surface area (Å²) in [6.45, 7) is 2.07. The molecule has 0 aliphatic carbocycles. The minimum absolute atomic E-state index is 0.339. The topological polar surface area (TPSA) is 46.2 Å². The van der Waals surface area contributed by atoms with Crippen LogP contribution >= 0.6 is 0 Å². The fraction of sp³-hybridized carbons (Fsp3) is 0.400. The van der Waals surface area contributed by atoms with Crippen molar-refractivity contribution in [3.8, 4) is 0 Å². The van der Waals surface area contributed by atoms with Crippen LogP contribution in [0.3, 0.4) is 0 Å². The number of hydrogen-bond donors (Lipinski definition) is 1. The van der Waals surface area contributed by atoms with E-state index >= 15 is 0 Å². The molecule has 0 saturated heterocycles. The maximum Gasteiger partial charge on any atom is 0.240 e. The number of benzene rings is 1. The quantitative estimate of drug-likeness (QED) is 0.824. The monoisotopic (exact) mass is 213 g/mol. The highest BCUT2D eigenvalue weighted by Crippen LogP contribution is 2.12. The van der Waals surface area contributed by atoms with Crippen molar-refractivity contribution in [2.45, 2.75) is 24.7 Å². The first kappa shape index (κ1) is 11.2. The maximum atomic E-state index is 11.4. The molecule has 0 aromatic heterocycles. The molecule has 0 saturated carbocycles. The van der Waals surface area contributed by atoms with Crippen LogP contribution in [0, 0.1) is 0 Å².